The van der Waals surface area contributed by atoms with E-state index in [0.29, 0.717) is 22.0 Å². The largest absolute Gasteiger partial charge is 0.329 e. The molecule has 0 atom stereocenters. The molecule has 2 aromatic heterocycles. The zero-order valence-electron chi connectivity index (χ0n) is 9.35. The fourth-order valence-corrected chi connectivity index (χ4v) is 1.99. The van der Waals surface area contributed by atoms with Gasteiger partial charge in [-0.25, -0.2) is 4.39 Å². The Balaban J connectivity index is 2.38. The van der Waals surface area contributed by atoms with Gasteiger partial charge in [-0.3, -0.25) is 9.78 Å². The third kappa shape index (κ3) is 1.78. The molecule has 3 aromatic rings. The Morgan fingerprint density at radius 1 is 1.17 bits per heavy atom. The monoisotopic (exact) mass is 240 g/mol. The zero-order valence-corrected chi connectivity index (χ0v) is 9.35. The summed E-state index contributed by atoms with van der Waals surface area (Å²) in [6.07, 6.45) is 3.19. The maximum absolute atomic E-state index is 13.6. The van der Waals surface area contributed by atoms with Crippen LogP contribution in [0, 0.1) is 5.82 Å². The molecule has 0 aliphatic carbocycles. The quantitative estimate of drug-likeness (QED) is 0.710. The summed E-state index contributed by atoms with van der Waals surface area (Å²) in [6.45, 7) is 0. The molecule has 0 spiro atoms. The molecule has 0 aliphatic heterocycles. The summed E-state index contributed by atoms with van der Waals surface area (Å²) in [7, 11) is 0. The van der Waals surface area contributed by atoms with Crippen molar-refractivity contribution >= 4 is 10.9 Å². The van der Waals surface area contributed by atoms with Crippen molar-refractivity contribution in [1.29, 1.82) is 0 Å². The van der Waals surface area contributed by atoms with Gasteiger partial charge >= 0.3 is 0 Å². The Morgan fingerprint density at radius 3 is 2.89 bits per heavy atom. The van der Waals surface area contributed by atoms with Crippen molar-refractivity contribution in [3.05, 3.63) is 65.0 Å². The normalized spacial score (nSPS) is 10.7. The molecule has 1 N–H and O–H groups in total. The van der Waals surface area contributed by atoms with E-state index >= 15 is 0 Å². The third-order valence-electron chi connectivity index (χ3n) is 2.76. The highest BCUT2D eigenvalue weighted by Gasteiger charge is 2.07. The molecule has 0 aliphatic rings. The molecule has 0 bridgehead atoms. The van der Waals surface area contributed by atoms with Crippen molar-refractivity contribution in [2.24, 2.45) is 0 Å². The van der Waals surface area contributed by atoms with Crippen molar-refractivity contribution in [1.82, 2.24) is 9.97 Å². The van der Waals surface area contributed by atoms with Crippen LogP contribution >= 0.6 is 0 Å². The van der Waals surface area contributed by atoms with Crippen LogP contribution in [-0.4, -0.2) is 9.97 Å². The summed E-state index contributed by atoms with van der Waals surface area (Å²) >= 11 is 0. The van der Waals surface area contributed by atoms with Crippen LogP contribution in [-0.2, 0) is 0 Å². The first kappa shape index (κ1) is 10.7. The first-order chi connectivity index (χ1) is 8.74. The molecule has 0 saturated heterocycles. The summed E-state index contributed by atoms with van der Waals surface area (Å²) in [4.78, 5) is 18.1. The van der Waals surface area contributed by atoms with E-state index in [1.807, 2.05) is 0 Å². The van der Waals surface area contributed by atoms with Crippen molar-refractivity contribution in [2.45, 2.75) is 0 Å². The molecular weight excluding hydrogens is 231 g/mol. The van der Waals surface area contributed by atoms with E-state index in [2.05, 4.69) is 9.97 Å². The molecule has 0 unspecified atom stereocenters. The van der Waals surface area contributed by atoms with E-state index < -0.39 is 0 Å². The molecular formula is C14H9FN2O. The summed E-state index contributed by atoms with van der Waals surface area (Å²) < 4.78 is 13.6. The van der Waals surface area contributed by atoms with E-state index in [0.717, 1.165) is 0 Å². The van der Waals surface area contributed by atoms with Crippen LogP contribution in [0.4, 0.5) is 4.39 Å². The van der Waals surface area contributed by atoms with Gasteiger partial charge in [0.2, 0.25) is 5.56 Å². The Morgan fingerprint density at radius 2 is 2.06 bits per heavy atom. The number of hydrogen-bond donors (Lipinski definition) is 1. The number of halogens is 1. The molecule has 3 nitrogen and oxygen atoms in total. The standard InChI is InChI=1S/C14H9FN2O/c15-11-6-10-2-1-4-17-14(10)12(8-11)9-3-5-16-13(18)7-9/h1-8H,(H,16,18). The molecule has 0 fully saturated rings. The van der Waals surface area contributed by atoms with Gasteiger partial charge in [-0.1, -0.05) is 6.07 Å². The van der Waals surface area contributed by atoms with Gasteiger partial charge in [0.1, 0.15) is 5.82 Å². The van der Waals surface area contributed by atoms with Gasteiger partial charge in [0, 0.05) is 29.4 Å². The fraction of sp³-hybridized carbons (Fsp3) is 0. The molecule has 18 heavy (non-hydrogen) atoms. The number of hydrogen-bond acceptors (Lipinski definition) is 2. The molecule has 0 radical (unpaired) electrons. The van der Waals surface area contributed by atoms with E-state index in [1.54, 1.807) is 24.4 Å². The maximum Gasteiger partial charge on any atom is 0.248 e. The lowest BCUT2D eigenvalue weighted by Crippen LogP contribution is -2.02. The van der Waals surface area contributed by atoms with Gasteiger partial charge in [0.05, 0.1) is 5.52 Å². The van der Waals surface area contributed by atoms with Crippen molar-refractivity contribution in [3.63, 3.8) is 0 Å². The molecule has 0 amide bonds. The lowest BCUT2D eigenvalue weighted by atomic mass is 10.0. The van der Waals surface area contributed by atoms with E-state index in [9.17, 15) is 9.18 Å². The van der Waals surface area contributed by atoms with Gasteiger partial charge in [-0.05, 0) is 29.8 Å². The number of benzene rings is 1. The van der Waals surface area contributed by atoms with Gasteiger partial charge < -0.3 is 4.98 Å². The Hall–Kier alpha value is -2.49. The third-order valence-corrected chi connectivity index (χ3v) is 2.76. The number of H-pyrrole nitrogens is 1. The number of pyridine rings is 2. The van der Waals surface area contributed by atoms with Crippen LogP contribution in [0.15, 0.2) is 53.6 Å². The van der Waals surface area contributed by atoms with Crippen molar-refractivity contribution in [3.8, 4) is 11.1 Å². The van der Waals surface area contributed by atoms with Crippen LogP contribution < -0.4 is 5.56 Å². The summed E-state index contributed by atoms with van der Waals surface area (Å²) in [5.74, 6) is -0.342. The second-order valence-electron chi connectivity index (χ2n) is 3.97. The number of rotatable bonds is 1. The minimum atomic E-state index is -0.342. The molecule has 1 aromatic carbocycles. The average molecular weight is 240 g/mol. The molecule has 3 rings (SSSR count). The first-order valence-corrected chi connectivity index (χ1v) is 5.47. The van der Waals surface area contributed by atoms with E-state index in [-0.39, 0.29) is 11.4 Å². The van der Waals surface area contributed by atoms with Crippen molar-refractivity contribution < 1.29 is 4.39 Å². The second kappa shape index (κ2) is 4.07. The Kier molecular flexibility index (Phi) is 2.41. The number of aromatic amines is 1. The average Bonchev–Trinajstić information content (AvgIpc) is 2.37. The van der Waals surface area contributed by atoms with Crippen LogP contribution in [0.1, 0.15) is 0 Å². The summed E-state index contributed by atoms with van der Waals surface area (Å²) in [5.41, 5.74) is 1.74. The Labute approximate surface area is 102 Å². The van der Waals surface area contributed by atoms with Gasteiger partial charge in [0.25, 0.3) is 0 Å². The van der Waals surface area contributed by atoms with Gasteiger partial charge in [-0.15, -0.1) is 0 Å². The predicted molar refractivity (Wildman–Crippen MR) is 67.8 cm³/mol. The summed E-state index contributed by atoms with van der Waals surface area (Å²) in [6, 6.07) is 9.53. The predicted octanol–water partition coefficient (Wildman–Crippen LogP) is 2.73. The number of nitrogens with one attached hydrogen (secondary N) is 1. The highest BCUT2D eigenvalue weighted by atomic mass is 19.1. The molecule has 0 saturated carbocycles. The van der Waals surface area contributed by atoms with Crippen LogP contribution in [0.25, 0.3) is 22.0 Å². The molecule has 4 heteroatoms. The van der Waals surface area contributed by atoms with Crippen molar-refractivity contribution in [2.75, 3.05) is 0 Å². The minimum absolute atomic E-state index is 0.221. The number of aromatic nitrogens is 2. The Bertz CT molecular complexity index is 780. The van der Waals surface area contributed by atoms with Gasteiger partial charge in [0.15, 0.2) is 0 Å². The molecule has 88 valence electrons. The minimum Gasteiger partial charge on any atom is -0.329 e. The van der Waals surface area contributed by atoms with E-state index in [1.165, 1.54) is 24.4 Å². The van der Waals surface area contributed by atoms with Crippen LogP contribution in [0.2, 0.25) is 0 Å². The zero-order chi connectivity index (χ0) is 12.5. The van der Waals surface area contributed by atoms with E-state index in [4.69, 9.17) is 0 Å². The summed E-state index contributed by atoms with van der Waals surface area (Å²) in [5, 5.41) is 0.716. The topological polar surface area (TPSA) is 45.8 Å². The lowest BCUT2D eigenvalue weighted by molar-refractivity contribution is 0.630. The second-order valence-corrected chi connectivity index (χ2v) is 3.97. The highest BCUT2D eigenvalue weighted by molar-refractivity contribution is 5.93. The first-order valence-electron chi connectivity index (χ1n) is 5.47. The van der Waals surface area contributed by atoms with Gasteiger partial charge in [-0.2, -0.15) is 0 Å². The van der Waals surface area contributed by atoms with Crippen LogP contribution in [0.3, 0.4) is 0 Å². The number of nitrogens with zero attached hydrogens (tertiary/aromatic N) is 1. The maximum atomic E-state index is 13.6. The SMILES string of the molecule is O=c1cc(-c2cc(F)cc3cccnc23)cc[nH]1. The fourth-order valence-electron chi connectivity index (χ4n) is 1.99. The number of fused-ring (bicyclic) bond motifs is 1. The smallest absolute Gasteiger partial charge is 0.248 e. The lowest BCUT2D eigenvalue weighted by Gasteiger charge is -2.05. The molecule has 2 heterocycles. The highest BCUT2D eigenvalue weighted by Crippen LogP contribution is 2.27. The van der Waals surface area contributed by atoms with Crippen LogP contribution in [0.5, 0.6) is 0 Å².